The van der Waals surface area contributed by atoms with Crippen molar-refractivity contribution in [3.05, 3.63) is 29.8 Å². The van der Waals surface area contributed by atoms with Gasteiger partial charge in [0.05, 0.1) is 7.11 Å². The lowest BCUT2D eigenvalue weighted by Gasteiger charge is -2.49. The molecule has 3 rings (SSSR count). The van der Waals surface area contributed by atoms with Gasteiger partial charge in [0.25, 0.3) is 0 Å². The topological polar surface area (TPSA) is 36.5 Å². The summed E-state index contributed by atoms with van der Waals surface area (Å²) in [6.45, 7) is 4.10. The van der Waals surface area contributed by atoms with Gasteiger partial charge in [0, 0.05) is 36.8 Å². The molecule has 0 radical (unpaired) electrons. The van der Waals surface area contributed by atoms with Crippen LogP contribution in [0, 0.1) is 0 Å². The number of hydrogen-bond donors (Lipinski definition) is 2. The second-order valence-electron chi connectivity index (χ2n) is 7.29. The van der Waals surface area contributed by atoms with Crippen molar-refractivity contribution < 1.29 is 4.74 Å². The second-order valence-corrected chi connectivity index (χ2v) is 7.70. The molecule has 2 unspecified atom stereocenters. The third-order valence-corrected chi connectivity index (χ3v) is 5.80. The summed E-state index contributed by atoms with van der Waals surface area (Å²) >= 11 is 5.45. The van der Waals surface area contributed by atoms with Crippen LogP contribution in [0.3, 0.4) is 0 Å². The maximum Gasteiger partial charge on any atom is 0.166 e. The molecule has 1 aromatic carbocycles. The standard InChI is InChI=1S/C20H31N3OS/c1-3-11-21-20(25)22-16-12-17-8-6-9-18(13-16)23(17)14-15-7-4-5-10-19(15)24-2/h4-5,7,10,16-18H,3,6,8-9,11-14H2,1-2H3,(H2,21,22,25). The van der Waals surface area contributed by atoms with Crippen LogP contribution in [0.25, 0.3) is 0 Å². The number of rotatable bonds is 6. The Morgan fingerprint density at radius 3 is 2.64 bits per heavy atom. The Labute approximate surface area is 157 Å². The molecule has 0 saturated carbocycles. The lowest BCUT2D eigenvalue weighted by atomic mass is 9.81. The van der Waals surface area contributed by atoms with Crippen molar-refractivity contribution in [2.24, 2.45) is 0 Å². The van der Waals surface area contributed by atoms with Crippen LogP contribution in [0.1, 0.15) is 51.0 Å². The van der Waals surface area contributed by atoms with Crippen LogP contribution in [-0.2, 0) is 6.54 Å². The Morgan fingerprint density at radius 1 is 1.24 bits per heavy atom. The van der Waals surface area contributed by atoms with Gasteiger partial charge in [-0.15, -0.1) is 0 Å². The molecule has 2 atom stereocenters. The van der Waals surface area contributed by atoms with Crippen LogP contribution in [-0.4, -0.2) is 41.8 Å². The van der Waals surface area contributed by atoms with Crippen molar-refractivity contribution in [2.75, 3.05) is 13.7 Å². The molecule has 2 heterocycles. The van der Waals surface area contributed by atoms with E-state index in [0.29, 0.717) is 18.1 Å². The molecule has 0 amide bonds. The van der Waals surface area contributed by atoms with Crippen LogP contribution in [0.15, 0.2) is 24.3 Å². The number of piperidine rings is 2. The summed E-state index contributed by atoms with van der Waals surface area (Å²) in [5.41, 5.74) is 1.30. The first-order valence-electron chi connectivity index (χ1n) is 9.63. The average Bonchev–Trinajstić information content (AvgIpc) is 2.61. The molecule has 2 N–H and O–H groups in total. The molecule has 2 fully saturated rings. The van der Waals surface area contributed by atoms with E-state index in [1.54, 1.807) is 7.11 Å². The zero-order valence-electron chi connectivity index (χ0n) is 15.5. The van der Waals surface area contributed by atoms with E-state index in [9.17, 15) is 0 Å². The molecule has 5 heteroatoms. The summed E-state index contributed by atoms with van der Waals surface area (Å²) in [6.07, 6.45) is 7.39. The van der Waals surface area contributed by atoms with E-state index < -0.39 is 0 Å². The van der Waals surface area contributed by atoms with Gasteiger partial charge in [0.2, 0.25) is 0 Å². The molecule has 25 heavy (non-hydrogen) atoms. The number of nitrogens with one attached hydrogen (secondary N) is 2. The van der Waals surface area contributed by atoms with E-state index >= 15 is 0 Å². The van der Waals surface area contributed by atoms with Crippen molar-refractivity contribution >= 4 is 17.3 Å². The van der Waals surface area contributed by atoms with E-state index in [1.165, 1.54) is 37.7 Å². The zero-order valence-corrected chi connectivity index (χ0v) is 16.3. The predicted octanol–water partition coefficient (Wildman–Crippen LogP) is 3.45. The summed E-state index contributed by atoms with van der Waals surface area (Å²) in [5, 5.41) is 7.68. The number of thiocarbonyl (C=S) groups is 1. The molecule has 4 nitrogen and oxygen atoms in total. The number of benzene rings is 1. The Kier molecular flexibility index (Phi) is 6.54. The smallest absolute Gasteiger partial charge is 0.166 e. The molecule has 2 bridgehead atoms. The Morgan fingerprint density at radius 2 is 1.96 bits per heavy atom. The molecule has 2 aliphatic heterocycles. The van der Waals surface area contributed by atoms with Crippen molar-refractivity contribution in [1.29, 1.82) is 0 Å². The van der Waals surface area contributed by atoms with Crippen molar-refractivity contribution in [3.8, 4) is 5.75 Å². The van der Waals surface area contributed by atoms with Crippen LogP contribution in [0.5, 0.6) is 5.75 Å². The van der Waals surface area contributed by atoms with E-state index in [0.717, 1.165) is 30.4 Å². The molecule has 0 aliphatic carbocycles. The van der Waals surface area contributed by atoms with Gasteiger partial charge in [-0.25, -0.2) is 0 Å². The minimum Gasteiger partial charge on any atom is -0.496 e. The summed E-state index contributed by atoms with van der Waals surface area (Å²) in [5.74, 6) is 1.01. The molecular formula is C20H31N3OS. The fourth-order valence-corrected chi connectivity index (χ4v) is 4.63. The molecular weight excluding hydrogens is 330 g/mol. The van der Waals surface area contributed by atoms with E-state index in [-0.39, 0.29) is 0 Å². The molecule has 138 valence electrons. The molecule has 2 aliphatic rings. The van der Waals surface area contributed by atoms with Gasteiger partial charge in [-0.1, -0.05) is 31.5 Å². The summed E-state index contributed by atoms with van der Waals surface area (Å²) in [4.78, 5) is 2.71. The van der Waals surface area contributed by atoms with Crippen LogP contribution in [0.2, 0.25) is 0 Å². The summed E-state index contributed by atoms with van der Waals surface area (Å²) in [7, 11) is 1.76. The normalized spacial score (nSPS) is 26.1. The van der Waals surface area contributed by atoms with Gasteiger partial charge in [-0.3, -0.25) is 4.90 Å². The van der Waals surface area contributed by atoms with Crippen molar-refractivity contribution in [1.82, 2.24) is 15.5 Å². The van der Waals surface area contributed by atoms with Gasteiger partial charge in [-0.05, 0) is 50.4 Å². The first-order chi connectivity index (χ1) is 12.2. The van der Waals surface area contributed by atoms with E-state index in [2.05, 4.69) is 40.7 Å². The highest BCUT2D eigenvalue weighted by molar-refractivity contribution is 7.80. The first kappa shape index (κ1) is 18.5. The molecule has 0 aromatic heterocycles. The third kappa shape index (κ3) is 4.64. The van der Waals surface area contributed by atoms with Gasteiger partial charge in [0.1, 0.15) is 5.75 Å². The molecule has 2 saturated heterocycles. The third-order valence-electron chi connectivity index (χ3n) is 5.54. The zero-order chi connectivity index (χ0) is 17.6. The highest BCUT2D eigenvalue weighted by Gasteiger charge is 2.38. The average molecular weight is 362 g/mol. The predicted molar refractivity (Wildman–Crippen MR) is 107 cm³/mol. The molecule has 0 spiro atoms. The van der Waals surface area contributed by atoms with Crippen LogP contribution in [0.4, 0.5) is 0 Å². The van der Waals surface area contributed by atoms with Gasteiger partial charge in [0.15, 0.2) is 5.11 Å². The quantitative estimate of drug-likeness (QED) is 0.759. The highest BCUT2D eigenvalue weighted by Crippen LogP contribution is 2.36. The second kappa shape index (κ2) is 8.86. The maximum atomic E-state index is 5.56. The number of para-hydroxylation sites is 1. The lowest BCUT2D eigenvalue weighted by Crippen LogP contribution is -2.57. The van der Waals surface area contributed by atoms with Crippen molar-refractivity contribution in [3.63, 3.8) is 0 Å². The minimum atomic E-state index is 0.501. The number of fused-ring (bicyclic) bond motifs is 2. The number of hydrogen-bond acceptors (Lipinski definition) is 3. The fraction of sp³-hybridized carbons (Fsp3) is 0.650. The molecule has 1 aromatic rings. The monoisotopic (exact) mass is 361 g/mol. The fourth-order valence-electron chi connectivity index (χ4n) is 4.36. The number of methoxy groups -OCH3 is 1. The van der Waals surface area contributed by atoms with Crippen molar-refractivity contribution in [2.45, 2.75) is 70.1 Å². The number of nitrogens with zero attached hydrogens (tertiary/aromatic N) is 1. The number of ether oxygens (including phenoxy) is 1. The Balaban J connectivity index is 1.63. The van der Waals surface area contributed by atoms with E-state index in [1.807, 2.05) is 6.07 Å². The van der Waals surface area contributed by atoms with Crippen LogP contribution >= 0.6 is 12.2 Å². The minimum absolute atomic E-state index is 0.501. The maximum absolute atomic E-state index is 5.56. The van der Waals surface area contributed by atoms with E-state index in [4.69, 9.17) is 17.0 Å². The first-order valence-corrected chi connectivity index (χ1v) is 10.0. The van der Waals surface area contributed by atoms with Gasteiger partial charge < -0.3 is 15.4 Å². The SMILES string of the molecule is CCCNC(=S)NC1CC2CCCC(C1)N2Cc1ccccc1OC. The van der Waals surface area contributed by atoms with Gasteiger partial charge in [-0.2, -0.15) is 0 Å². The Hall–Kier alpha value is -1.33. The Bertz CT molecular complexity index is 566. The van der Waals surface area contributed by atoms with Gasteiger partial charge >= 0.3 is 0 Å². The highest BCUT2D eigenvalue weighted by atomic mass is 32.1. The summed E-state index contributed by atoms with van der Waals surface area (Å²) in [6, 6.07) is 10.2. The summed E-state index contributed by atoms with van der Waals surface area (Å²) < 4.78 is 5.56. The lowest BCUT2D eigenvalue weighted by molar-refractivity contribution is 0.0205. The largest absolute Gasteiger partial charge is 0.496 e. The van der Waals surface area contributed by atoms with Crippen LogP contribution < -0.4 is 15.4 Å².